The van der Waals surface area contributed by atoms with Gasteiger partial charge in [0.1, 0.15) is 10.8 Å². The average molecular weight is 437 g/mol. The van der Waals surface area contributed by atoms with Gasteiger partial charge in [-0.1, -0.05) is 48.3 Å². The highest BCUT2D eigenvalue weighted by Crippen LogP contribution is 2.39. The molecule has 1 saturated carbocycles. The number of amidine groups is 1. The summed E-state index contributed by atoms with van der Waals surface area (Å²) in [6.45, 7) is 1.86. The molecule has 5 nitrogen and oxygen atoms in total. The highest BCUT2D eigenvalue weighted by atomic mass is 35.5. The van der Waals surface area contributed by atoms with Crippen molar-refractivity contribution in [2.24, 2.45) is 4.99 Å². The molecule has 2 aromatic rings. The van der Waals surface area contributed by atoms with Gasteiger partial charge >= 0.3 is 0 Å². The standard InChI is InChI=1S/C19H18ClFN4OS2/c1-11-23-24-18(27-11)22-19-25(12-6-3-2-4-7-12)17(26)16(28-19)10-13-14(20)8-5-9-15(13)21/h5,8-10,12H,2-4,6-7H2,1H3/b16-10-,22-19+. The van der Waals surface area contributed by atoms with Gasteiger partial charge in [-0.25, -0.2) is 4.39 Å². The second-order valence-corrected chi connectivity index (χ2v) is 9.29. The Kier molecular flexibility index (Phi) is 5.80. The molecule has 146 valence electrons. The lowest BCUT2D eigenvalue weighted by molar-refractivity contribution is -0.124. The Morgan fingerprint density at radius 1 is 1.29 bits per heavy atom. The molecule has 2 fully saturated rings. The van der Waals surface area contributed by atoms with Crippen LogP contribution < -0.4 is 0 Å². The van der Waals surface area contributed by atoms with E-state index in [-0.39, 0.29) is 22.5 Å². The lowest BCUT2D eigenvalue weighted by atomic mass is 9.94. The fourth-order valence-corrected chi connectivity index (χ4v) is 5.28. The van der Waals surface area contributed by atoms with Crippen molar-refractivity contribution in [2.75, 3.05) is 0 Å². The number of aromatic nitrogens is 2. The lowest BCUT2D eigenvalue weighted by Gasteiger charge is -2.30. The number of aryl methyl sites for hydroxylation is 1. The van der Waals surface area contributed by atoms with Crippen molar-refractivity contribution in [1.82, 2.24) is 15.1 Å². The van der Waals surface area contributed by atoms with Crippen LogP contribution in [0.25, 0.3) is 6.08 Å². The van der Waals surface area contributed by atoms with Gasteiger partial charge in [-0.3, -0.25) is 9.69 Å². The van der Waals surface area contributed by atoms with E-state index >= 15 is 0 Å². The molecule has 0 spiro atoms. The van der Waals surface area contributed by atoms with Crippen molar-refractivity contribution >= 4 is 57.0 Å². The lowest BCUT2D eigenvalue weighted by Crippen LogP contribution is -2.40. The molecule has 1 aromatic heterocycles. The summed E-state index contributed by atoms with van der Waals surface area (Å²) in [5.41, 5.74) is 0.219. The van der Waals surface area contributed by atoms with E-state index in [4.69, 9.17) is 11.6 Å². The number of nitrogens with zero attached hydrogens (tertiary/aromatic N) is 4. The molecule has 0 unspecified atom stereocenters. The van der Waals surface area contributed by atoms with Gasteiger partial charge in [-0.2, -0.15) is 4.99 Å². The minimum Gasteiger partial charge on any atom is -0.283 e. The molecule has 0 radical (unpaired) electrons. The van der Waals surface area contributed by atoms with E-state index in [1.165, 1.54) is 41.7 Å². The predicted octanol–water partition coefficient (Wildman–Crippen LogP) is 5.58. The van der Waals surface area contributed by atoms with E-state index in [2.05, 4.69) is 15.2 Å². The van der Waals surface area contributed by atoms with Crippen LogP contribution in [0.15, 0.2) is 28.1 Å². The van der Waals surface area contributed by atoms with Crippen LogP contribution in [-0.2, 0) is 4.79 Å². The molecule has 28 heavy (non-hydrogen) atoms. The smallest absolute Gasteiger partial charge is 0.267 e. The maximum atomic E-state index is 14.2. The quantitative estimate of drug-likeness (QED) is 0.589. The molecule has 0 atom stereocenters. The topological polar surface area (TPSA) is 58.5 Å². The molecule has 9 heteroatoms. The maximum Gasteiger partial charge on any atom is 0.267 e. The van der Waals surface area contributed by atoms with Crippen LogP contribution in [0, 0.1) is 12.7 Å². The van der Waals surface area contributed by atoms with E-state index in [1.807, 2.05) is 6.92 Å². The summed E-state index contributed by atoms with van der Waals surface area (Å²) in [7, 11) is 0. The summed E-state index contributed by atoms with van der Waals surface area (Å²) < 4.78 is 14.2. The minimum absolute atomic E-state index is 0.100. The molecule has 0 bridgehead atoms. The Hall–Kier alpha value is -1.77. The Bertz CT molecular complexity index is 948. The van der Waals surface area contributed by atoms with E-state index in [0.717, 1.165) is 30.7 Å². The minimum atomic E-state index is -0.456. The van der Waals surface area contributed by atoms with Gasteiger partial charge in [0.05, 0.1) is 9.93 Å². The van der Waals surface area contributed by atoms with Gasteiger partial charge < -0.3 is 0 Å². The predicted molar refractivity (Wildman–Crippen MR) is 112 cm³/mol. The van der Waals surface area contributed by atoms with Crippen molar-refractivity contribution in [2.45, 2.75) is 45.1 Å². The zero-order chi connectivity index (χ0) is 19.7. The third-order valence-corrected chi connectivity index (χ3v) is 6.80. The van der Waals surface area contributed by atoms with Gasteiger partial charge in [-0.15, -0.1) is 10.2 Å². The van der Waals surface area contributed by atoms with Gasteiger partial charge in [0.2, 0.25) is 5.13 Å². The van der Waals surface area contributed by atoms with Gasteiger partial charge in [-0.05, 0) is 49.7 Å². The van der Waals surface area contributed by atoms with E-state index in [1.54, 1.807) is 17.0 Å². The second kappa shape index (κ2) is 8.31. The molecule has 4 rings (SSSR count). The number of carbonyl (C=O) groups excluding carboxylic acids is 1. The summed E-state index contributed by atoms with van der Waals surface area (Å²) >= 11 is 8.76. The number of thioether (sulfide) groups is 1. The highest BCUT2D eigenvalue weighted by Gasteiger charge is 2.39. The summed E-state index contributed by atoms with van der Waals surface area (Å²) in [6, 6.07) is 4.59. The number of hydrogen-bond donors (Lipinski definition) is 0. The zero-order valence-corrected chi connectivity index (χ0v) is 17.6. The number of benzene rings is 1. The van der Waals surface area contributed by atoms with Crippen LogP contribution in [0.4, 0.5) is 9.52 Å². The number of halogens is 2. The molecule has 1 aliphatic carbocycles. The molecule has 1 aliphatic heterocycles. The third-order valence-electron chi connectivity index (χ3n) is 4.76. The van der Waals surface area contributed by atoms with Gasteiger partial charge in [0.25, 0.3) is 5.91 Å². The molecule has 1 amide bonds. The number of carbonyl (C=O) groups is 1. The molecule has 1 aromatic carbocycles. The van der Waals surface area contributed by atoms with Crippen LogP contribution in [0.2, 0.25) is 5.02 Å². The monoisotopic (exact) mass is 436 g/mol. The van der Waals surface area contributed by atoms with E-state index < -0.39 is 5.82 Å². The normalized spacial score (nSPS) is 21.2. The van der Waals surface area contributed by atoms with Crippen LogP contribution in [0.5, 0.6) is 0 Å². The molecular formula is C19H18ClFN4OS2. The zero-order valence-electron chi connectivity index (χ0n) is 15.2. The summed E-state index contributed by atoms with van der Waals surface area (Å²) in [5.74, 6) is -0.612. The van der Waals surface area contributed by atoms with Crippen molar-refractivity contribution in [1.29, 1.82) is 0 Å². The number of amides is 1. The summed E-state index contributed by atoms with van der Waals surface area (Å²) in [6.07, 6.45) is 6.75. The first-order valence-electron chi connectivity index (χ1n) is 9.09. The van der Waals surface area contributed by atoms with Crippen molar-refractivity contribution in [3.8, 4) is 0 Å². The Balaban J connectivity index is 1.73. The molecule has 2 aliphatic rings. The van der Waals surface area contributed by atoms with Crippen LogP contribution in [0.3, 0.4) is 0 Å². The van der Waals surface area contributed by atoms with Gasteiger partial charge in [0, 0.05) is 11.6 Å². The summed E-state index contributed by atoms with van der Waals surface area (Å²) in [5, 5.41) is 10.2. The average Bonchev–Trinajstić information content (AvgIpc) is 3.22. The maximum absolute atomic E-state index is 14.2. The van der Waals surface area contributed by atoms with Crippen LogP contribution in [0.1, 0.15) is 42.7 Å². The number of hydrogen-bond acceptors (Lipinski definition) is 6. The molecular weight excluding hydrogens is 419 g/mol. The number of rotatable bonds is 3. The molecule has 2 heterocycles. The Morgan fingerprint density at radius 3 is 2.75 bits per heavy atom. The number of aliphatic imine (C=N–C) groups is 1. The van der Waals surface area contributed by atoms with Crippen molar-refractivity contribution in [3.05, 3.63) is 44.5 Å². The molecule has 0 N–H and O–H groups in total. The van der Waals surface area contributed by atoms with Crippen LogP contribution >= 0.6 is 34.7 Å². The van der Waals surface area contributed by atoms with Crippen molar-refractivity contribution in [3.63, 3.8) is 0 Å². The van der Waals surface area contributed by atoms with Gasteiger partial charge in [0.15, 0.2) is 5.17 Å². The first-order chi connectivity index (χ1) is 13.5. The second-order valence-electron chi connectivity index (χ2n) is 6.71. The largest absolute Gasteiger partial charge is 0.283 e. The Labute approximate surface area is 175 Å². The first kappa shape index (κ1) is 19.5. The third kappa shape index (κ3) is 3.99. The molecule has 1 saturated heterocycles. The Morgan fingerprint density at radius 2 is 2.07 bits per heavy atom. The van der Waals surface area contributed by atoms with E-state index in [9.17, 15) is 9.18 Å². The van der Waals surface area contributed by atoms with Crippen LogP contribution in [-0.4, -0.2) is 32.2 Å². The fourth-order valence-electron chi connectivity index (χ4n) is 3.42. The van der Waals surface area contributed by atoms with E-state index in [0.29, 0.717) is 15.2 Å². The fraction of sp³-hybridized carbons (Fsp3) is 0.368. The highest BCUT2D eigenvalue weighted by molar-refractivity contribution is 8.18. The van der Waals surface area contributed by atoms with Crippen molar-refractivity contribution < 1.29 is 9.18 Å². The summed E-state index contributed by atoms with van der Waals surface area (Å²) in [4.78, 5) is 19.9. The first-order valence-corrected chi connectivity index (χ1v) is 11.1. The SMILES string of the molecule is Cc1nnc(/N=C2/S/C(=C\c3c(F)cccc3Cl)C(=O)N2C2CCCCC2)s1.